The molecule has 0 saturated heterocycles. The molecule has 0 fully saturated rings. The largest absolute Gasteiger partial charge is 0.453 e. The Labute approximate surface area is 168 Å². The van der Waals surface area contributed by atoms with Crippen molar-refractivity contribution in [3.05, 3.63) is 46.8 Å². The number of benzene rings is 1. The van der Waals surface area contributed by atoms with Crippen molar-refractivity contribution in [2.45, 2.75) is 37.1 Å². The third-order valence-electron chi connectivity index (χ3n) is 4.60. The Morgan fingerprint density at radius 2 is 1.72 bits per heavy atom. The first kappa shape index (κ1) is 19.4. The summed E-state index contributed by atoms with van der Waals surface area (Å²) in [5.41, 5.74) is 3.36. The Balaban J connectivity index is 1.78. The van der Waals surface area contributed by atoms with Crippen LogP contribution < -0.4 is 0 Å². The molecule has 4 aromatic rings. The first-order valence-corrected chi connectivity index (χ1v) is 9.42. The summed E-state index contributed by atoms with van der Waals surface area (Å²) in [5.74, 6) is -0.497. The summed E-state index contributed by atoms with van der Waals surface area (Å²) in [6, 6.07) is 7.83. The van der Waals surface area contributed by atoms with Gasteiger partial charge < -0.3 is 4.57 Å². The second kappa shape index (κ2) is 6.83. The molecule has 0 aliphatic rings. The molecule has 11 heteroatoms. The summed E-state index contributed by atoms with van der Waals surface area (Å²) in [7, 11) is 1.81. The van der Waals surface area contributed by atoms with Crippen LogP contribution in [0.1, 0.15) is 22.5 Å². The average Bonchev–Trinajstić information content (AvgIpc) is 3.23. The van der Waals surface area contributed by atoms with Gasteiger partial charge in [0, 0.05) is 18.2 Å². The lowest BCUT2D eigenvalue weighted by Crippen LogP contribution is -2.13. The lowest BCUT2D eigenvalue weighted by molar-refractivity contribution is -0.146. The first-order chi connectivity index (χ1) is 13.7. The first-order valence-electron chi connectivity index (χ1n) is 8.61. The van der Waals surface area contributed by atoms with Gasteiger partial charge in [-0.05, 0) is 44.2 Å². The smallest absolute Gasteiger partial charge is 0.305 e. The molecule has 0 radical (unpaired) electrons. The Bertz CT molecular complexity index is 1230. The molecule has 0 amide bonds. The molecule has 0 aliphatic heterocycles. The minimum atomic E-state index is -4.65. The lowest BCUT2D eigenvalue weighted by atomic mass is 10.1. The van der Waals surface area contributed by atoms with E-state index in [2.05, 4.69) is 25.5 Å². The molecule has 29 heavy (non-hydrogen) atoms. The third kappa shape index (κ3) is 3.35. The zero-order valence-electron chi connectivity index (χ0n) is 16.0. The molecule has 7 nitrogen and oxygen atoms in total. The van der Waals surface area contributed by atoms with Crippen LogP contribution in [-0.2, 0) is 13.2 Å². The van der Waals surface area contributed by atoms with E-state index in [9.17, 15) is 13.2 Å². The number of hydrogen-bond donors (Lipinski definition) is 0. The predicted molar refractivity (Wildman–Crippen MR) is 101 cm³/mol. The fourth-order valence-electron chi connectivity index (χ4n) is 2.90. The summed E-state index contributed by atoms with van der Waals surface area (Å²) >= 11 is 1.15. The van der Waals surface area contributed by atoms with Crippen molar-refractivity contribution in [2.75, 3.05) is 0 Å². The normalized spacial score (nSPS) is 12.1. The maximum Gasteiger partial charge on any atom is 0.453 e. The van der Waals surface area contributed by atoms with Gasteiger partial charge in [-0.25, -0.2) is 0 Å². The van der Waals surface area contributed by atoms with Gasteiger partial charge in [-0.15, -0.1) is 20.4 Å². The third-order valence-corrected chi connectivity index (χ3v) is 5.72. The molecule has 0 aliphatic carbocycles. The van der Waals surface area contributed by atoms with Crippen LogP contribution in [-0.4, -0.2) is 34.6 Å². The zero-order chi connectivity index (χ0) is 20.9. The van der Waals surface area contributed by atoms with E-state index in [0.717, 1.165) is 27.4 Å². The molecular weight excluding hydrogens is 403 g/mol. The number of aryl methyl sites for hydroxylation is 2. The topological polar surface area (TPSA) is 73.8 Å². The van der Waals surface area contributed by atoms with Crippen molar-refractivity contribution < 1.29 is 13.2 Å². The molecule has 0 N–H and O–H groups in total. The van der Waals surface area contributed by atoms with Crippen molar-refractivity contribution in [1.82, 2.24) is 34.6 Å². The number of hydrogen-bond acceptors (Lipinski definition) is 6. The van der Waals surface area contributed by atoms with Gasteiger partial charge in [-0.1, -0.05) is 23.8 Å². The van der Waals surface area contributed by atoms with E-state index in [1.807, 2.05) is 31.2 Å². The van der Waals surface area contributed by atoms with Crippen LogP contribution in [0, 0.1) is 20.8 Å². The maximum absolute atomic E-state index is 13.2. The van der Waals surface area contributed by atoms with Gasteiger partial charge >= 0.3 is 6.18 Å². The van der Waals surface area contributed by atoms with Gasteiger partial charge in [0.2, 0.25) is 0 Å². The van der Waals surface area contributed by atoms with Crippen LogP contribution in [0.4, 0.5) is 13.2 Å². The molecular formula is C18H16F3N7S. The van der Waals surface area contributed by atoms with Crippen molar-refractivity contribution >= 4 is 17.4 Å². The average molecular weight is 419 g/mol. The second-order valence-electron chi connectivity index (χ2n) is 6.65. The summed E-state index contributed by atoms with van der Waals surface area (Å²) in [4.78, 5) is 0. The quantitative estimate of drug-likeness (QED) is 0.500. The van der Waals surface area contributed by atoms with Crippen molar-refractivity contribution in [3.8, 4) is 11.4 Å². The maximum atomic E-state index is 13.2. The predicted octanol–water partition coefficient (Wildman–Crippen LogP) is 4.02. The fourth-order valence-corrected chi connectivity index (χ4v) is 3.81. The van der Waals surface area contributed by atoms with Crippen molar-refractivity contribution in [3.63, 3.8) is 0 Å². The highest BCUT2D eigenvalue weighted by Gasteiger charge is 2.38. The molecule has 0 unspecified atom stereocenters. The molecule has 0 saturated carbocycles. The molecule has 0 bridgehead atoms. The van der Waals surface area contributed by atoms with Crippen LogP contribution in [0.25, 0.3) is 17.0 Å². The van der Waals surface area contributed by atoms with E-state index in [4.69, 9.17) is 0 Å². The van der Waals surface area contributed by atoms with Gasteiger partial charge in [-0.2, -0.15) is 22.8 Å². The summed E-state index contributed by atoms with van der Waals surface area (Å²) in [6.07, 6.45) is -4.65. The van der Waals surface area contributed by atoms with Crippen LogP contribution >= 0.6 is 11.8 Å². The molecule has 0 spiro atoms. The number of fused-ring (bicyclic) bond motifs is 1. The van der Waals surface area contributed by atoms with E-state index in [0.29, 0.717) is 27.1 Å². The minimum absolute atomic E-state index is 0.0811. The SMILES string of the molecule is Cc1cccc(-c2nnc(Sc3nn4c(C(F)(F)F)nnc4c(C)c3C)n2C)c1. The minimum Gasteiger partial charge on any atom is -0.305 e. The number of aromatic nitrogens is 7. The van der Waals surface area contributed by atoms with Crippen molar-refractivity contribution in [2.24, 2.45) is 7.05 Å². The fraction of sp³-hybridized carbons (Fsp3) is 0.278. The van der Waals surface area contributed by atoms with E-state index >= 15 is 0 Å². The van der Waals surface area contributed by atoms with Crippen molar-refractivity contribution in [1.29, 1.82) is 0 Å². The number of alkyl halides is 3. The zero-order valence-corrected chi connectivity index (χ0v) is 16.8. The molecule has 3 heterocycles. The Morgan fingerprint density at radius 3 is 2.41 bits per heavy atom. The van der Waals surface area contributed by atoms with Gasteiger partial charge in [0.15, 0.2) is 16.6 Å². The van der Waals surface area contributed by atoms with Crippen LogP contribution in [0.3, 0.4) is 0 Å². The lowest BCUT2D eigenvalue weighted by Gasteiger charge is -2.10. The van der Waals surface area contributed by atoms with Gasteiger partial charge in [0.25, 0.3) is 5.82 Å². The molecule has 0 atom stereocenters. The molecule has 150 valence electrons. The van der Waals surface area contributed by atoms with Gasteiger partial charge in [-0.3, -0.25) is 0 Å². The standard InChI is InChI=1S/C18H16F3N7S/c1-9-6-5-7-12(8-9)14-23-25-17(27(14)4)29-15-11(3)10(2)13-22-24-16(18(19,20)21)28(13)26-15/h5-8H,1-4H3. The van der Waals surface area contributed by atoms with Crippen LogP contribution in [0.15, 0.2) is 34.4 Å². The Hall–Kier alpha value is -2.95. The van der Waals surface area contributed by atoms with E-state index in [1.54, 1.807) is 25.5 Å². The van der Waals surface area contributed by atoms with E-state index in [-0.39, 0.29) is 5.65 Å². The Kier molecular flexibility index (Phi) is 4.56. The summed E-state index contributed by atoms with van der Waals surface area (Å²) in [5, 5.41) is 20.4. The highest BCUT2D eigenvalue weighted by atomic mass is 32.2. The monoisotopic (exact) mass is 419 g/mol. The molecule has 1 aromatic carbocycles. The van der Waals surface area contributed by atoms with Gasteiger partial charge in [0.05, 0.1) is 0 Å². The number of halogens is 3. The summed E-state index contributed by atoms with van der Waals surface area (Å²) < 4.78 is 42.2. The highest BCUT2D eigenvalue weighted by molar-refractivity contribution is 7.99. The highest BCUT2D eigenvalue weighted by Crippen LogP contribution is 2.33. The molecule has 4 rings (SSSR count). The number of rotatable bonds is 3. The van der Waals surface area contributed by atoms with Gasteiger partial charge in [0.1, 0.15) is 5.03 Å². The Morgan fingerprint density at radius 1 is 0.966 bits per heavy atom. The second-order valence-corrected chi connectivity index (χ2v) is 7.60. The van der Waals surface area contributed by atoms with Crippen LogP contribution in [0.5, 0.6) is 0 Å². The molecule has 3 aromatic heterocycles. The van der Waals surface area contributed by atoms with Crippen LogP contribution in [0.2, 0.25) is 0 Å². The summed E-state index contributed by atoms with van der Waals surface area (Å²) in [6.45, 7) is 5.46. The van der Waals surface area contributed by atoms with E-state index < -0.39 is 12.0 Å². The number of nitrogens with zero attached hydrogens (tertiary/aromatic N) is 7. The van der Waals surface area contributed by atoms with E-state index in [1.165, 1.54) is 0 Å².